The van der Waals surface area contributed by atoms with Gasteiger partial charge in [0.1, 0.15) is 0 Å². The Balaban J connectivity index is 2.07. The summed E-state index contributed by atoms with van der Waals surface area (Å²) in [6.45, 7) is 11.1. The summed E-state index contributed by atoms with van der Waals surface area (Å²) >= 11 is 0. The third kappa shape index (κ3) is 6.26. The van der Waals surface area contributed by atoms with Crippen LogP contribution in [-0.2, 0) is 9.47 Å². The monoisotopic (exact) mass is 227 g/mol. The van der Waals surface area contributed by atoms with Gasteiger partial charge in [0.2, 0.25) is 0 Å². The molecule has 94 valence electrons. The van der Waals surface area contributed by atoms with Gasteiger partial charge in [-0.2, -0.15) is 0 Å². The smallest absolute Gasteiger partial charge is 0.0594 e. The maximum absolute atomic E-state index is 5.44. The van der Waals surface area contributed by atoms with Crippen molar-refractivity contribution in [3.05, 3.63) is 11.6 Å². The first kappa shape index (κ1) is 13.7. The van der Waals surface area contributed by atoms with Crippen molar-refractivity contribution in [2.45, 2.75) is 26.7 Å². The summed E-state index contributed by atoms with van der Waals surface area (Å²) in [4.78, 5) is 2.45. The van der Waals surface area contributed by atoms with Crippen LogP contribution >= 0.6 is 0 Å². The van der Waals surface area contributed by atoms with Gasteiger partial charge in [-0.3, -0.25) is 4.90 Å². The summed E-state index contributed by atoms with van der Waals surface area (Å²) < 4.78 is 10.8. The van der Waals surface area contributed by atoms with Crippen LogP contribution in [0, 0.1) is 0 Å². The maximum atomic E-state index is 5.44. The van der Waals surface area contributed by atoms with E-state index in [9.17, 15) is 0 Å². The molecule has 1 heterocycles. The van der Waals surface area contributed by atoms with Gasteiger partial charge >= 0.3 is 0 Å². The third-order valence-electron chi connectivity index (χ3n) is 2.68. The molecule has 0 aliphatic carbocycles. The lowest BCUT2D eigenvalue weighted by atomic mass is 10.2. The SMILES string of the molecule is CCCOCC/C=C(/C)CN1CCOCC1. The van der Waals surface area contributed by atoms with E-state index in [2.05, 4.69) is 24.8 Å². The Bertz CT molecular complexity index is 198. The van der Waals surface area contributed by atoms with Crippen LogP contribution in [-0.4, -0.2) is 51.0 Å². The van der Waals surface area contributed by atoms with Crippen LogP contribution in [0.25, 0.3) is 0 Å². The second-order valence-corrected chi connectivity index (χ2v) is 4.34. The molecule has 0 aromatic rings. The number of hydrogen-bond acceptors (Lipinski definition) is 3. The first-order valence-corrected chi connectivity index (χ1v) is 6.36. The molecular weight excluding hydrogens is 202 g/mol. The van der Waals surface area contributed by atoms with Gasteiger partial charge < -0.3 is 9.47 Å². The zero-order valence-corrected chi connectivity index (χ0v) is 10.7. The molecule has 0 amide bonds. The molecule has 1 rings (SSSR count). The van der Waals surface area contributed by atoms with E-state index in [0.717, 1.165) is 58.9 Å². The topological polar surface area (TPSA) is 21.7 Å². The Labute approximate surface area is 99.4 Å². The summed E-state index contributed by atoms with van der Waals surface area (Å²) in [7, 11) is 0. The number of morpholine rings is 1. The second kappa shape index (κ2) is 8.74. The van der Waals surface area contributed by atoms with Crippen molar-refractivity contribution < 1.29 is 9.47 Å². The van der Waals surface area contributed by atoms with E-state index in [-0.39, 0.29) is 0 Å². The van der Waals surface area contributed by atoms with Crippen molar-refractivity contribution >= 4 is 0 Å². The van der Waals surface area contributed by atoms with Crippen LogP contribution in [0.2, 0.25) is 0 Å². The van der Waals surface area contributed by atoms with Gasteiger partial charge in [-0.25, -0.2) is 0 Å². The molecule has 0 aromatic heterocycles. The lowest BCUT2D eigenvalue weighted by Gasteiger charge is -2.26. The molecule has 16 heavy (non-hydrogen) atoms. The molecule has 1 fully saturated rings. The van der Waals surface area contributed by atoms with Crippen molar-refractivity contribution in [3.8, 4) is 0 Å². The first-order valence-electron chi connectivity index (χ1n) is 6.36. The minimum absolute atomic E-state index is 0.855. The maximum Gasteiger partial charge on any atom is 0.0594 e. The van der Waals surface area contributed by atoms with Crippen molar-refractivity contribution in [3.63, 3.8) is 0 Å². The van der Waals surface area contributed by atoms with Crippen LogP contribution in [0.4, 0.5) is 0 Å². The highest BCUT2D eigenvalue weighted by molar-refractivity contribution is 5.00. The standard InChI is InChI=1S/C13H25NO2/c1-3-8-15-9-4-5-13(2)12-14-6-10-16-11-7-14/h5H,3-4,6-12H2,1-2H3/b13-5-. The molecule has 3 nitrogen and oxygen atoms in total. The van der Waals surface area contributed by atoms with Crippen LogP contribution < -0.4 is 0 Å². The fourth-order valence-electron chi connectivity index (χ4n) is 1.81. The van der Waals surface area contributed by atoms with Crippen molar-refractivity contribution in [1.29, 1.82) is 0 Å². The predicted molar refractivity (Wildman–Crippen MR) is 66.7 cm³/mol. The van der Waals surface area contributed by atoms with Crippen molar-refractivity contribution in [1.82, 2.24) is 4.90 Å². The summed E-state index contributed by atoms with van der Waals surface area (Å²) in [6.07, 6.45) is 4.44. The molecule has 0 aromatic carbocycles. The molecular formula is C13H25NO2. The lowest BCUT2D eigenvalue weighted by molar-refractivity contribution is 0.0422. The summed E-state index contributed by atoms with van der Waals surface area (Å²) in [6, 6.07) is 0. The predicted octanol–water partition coefficient (Wildman–Crippen LogP) is 2.08. The van der Waals surface area contributed by atoms with Gasteiger partial charge in [0.05, 0.1) is 19.8 Å². The average Bonchev–Trinajstić information content (AvgIpc) is 2.30. The van der Waals surface area contributed by atoms with Gasteiger partial charge in [-0.1, -0.05) is 18.6 Å². The second-order valence-electron chi connectivity index (χ2n) is 4.34. The molecule has 0 bridgehead atoms. The Morgan fingerprint density at radius 3 is 2.75 bits per heavy atom. The number of rotatable bonds is 7. The normalized spacial score (nSPS) is 19.0. The summed E-state index contributed by atoms with van der Waals surface area (Å²) in [5.74, 6) is 0. The van der Waals surface area contributed by atoms with E-state index in [1.54, 1.807) is 0 Å². The van der Waals surface area contributed by atoms with E-state index in [4.69, 9.17) is 9.47 Å². The molecule has 1 saturated heterocycles. The quantitative estimate of drug-likeness (QED) is 0.491. The lowest BCUT2D eigenvalue weighted by Crippen LogP contribution is -2.37. The van der Waals surface area contributed by atoms with E-state index in [1.165, 1.54) is 5.57 Å². The van der Waals surface area contributed by atoms with E-state index in [0.29, 0.717) is 0 Å². The van der Waals surface area contributed by atoms with E-state index >= 15 is 0 Å². The summed E-state index contributed by atoms with van der Waals surface area (Å²) in [5.41, 5.74) is 1.45. The van der Waals surface area contributed by atoms with E-state index in [1.807, 2.05) is 0 Å². The number of hydrogen-bond donors (Lipinski definition) is 0. The highest BCUT2D eigenvalue weighted by Gasteiger charge is 2.09. The Kier molecular flexibility index (Phi) is 7.47. The highest BCUT2D eigenvalue weighted by Crippen LogP contribution is 2.03. The van der Waals surface area contributed by atoms with Crippen molar-refractivity contribution in [2.75, 3.05) is 46.1 Å². The van der Waals surface area contributed by atoms with Gasteiger partial charge in [0, 0.05) is 26.2 Å². The molecule has 1 aliphatic rings. The highest BCUT2D eigenvalue weighted by atomic mass is 16.5. The van der Waals surface area contributed by atoms with Gasteiger partial charge in [0.15, 0.2) is 0 Å². The van der Waals surface area contributed by atoms with Crippen LogP contribution in [0.15, 0.2) is 11.6 Å². The Morgan fingerprint density at radius 2 is 2.06 bits per heavy atom. The minimum Gasteiger partial charge on any atom is -0.381 e. The fourth-order valence-corrected chi connectivity index (χ4v) is 1.81. The molecule has 3 heteroatoms. The van der Waals surface area contributed by atoms with Crippen LogP contribution in [0.1, 0.15) is 26.7 Å². The molecule has 0 atom stereocenters. The minimum atomic E-state index is 0.855. The molecule has 0 spiro atoms. The first-order chi connectivity index (χ1) is 7.83. The molecule has 1 aliphatic heterocycles. The molecule has 0 saturated carbocycles. The van der Waals surface area contributed by atoms with Gasteiger partial charge in [-0.05, 0) is 19.8 Å². The number of nitrogens with zero attached hydrogens (tertiary/aromatic N) is 1. The van der Waals surface area contributed by atoms with Gasteiger partial charge in [-0.15, -0.1) is 0 Å². The zero-order valence-electron chi connectivity index (χ0n) is 10.7. The third-order valence-corrected chi connectivity index (χ3v) is 2.68. The zero-order chi connectivity index (χ0) is 11.6. The number of ether oxygens (including phenoxy) is 2. The molecule has 0 unspecified atom stereocenters. The molecule has 0 N–H and O–H groups in total. The Hall–Kier alpha value is -0.380. The Morgan fingerprint density at radius 1 is 1.31 bits per heavy atom. The molecule has 0 radical (unpaired) electrons. The largest absolute Gasteiger partial charge is 0.381 e. The van der Waals surface area contributed by atoms with Crippen LogP contribution in [0.3, 0.4) is 0 Å². The van der Waals surface area contributed by atoms with Gasteiger partial charge in [0.25, 0.3) is 0 Å². The van der Waals surface area contributed by atoms with Crippen LogP contribution in [0.5, 0.6) is 0 Å². The fraction of sp³-hybridized carbons (Fsp3) is 0.846. The van der Waals surface area contributed by atoms with E-state index < -0.39 is 0 Å². The average molecular weight is 227 g/mol. The summed E-state index contributed by atoms with van der Waals surface area (Å²) in [5, 5.41) is 0. The van der Waals surface area contributed by atoms with Crippen molar-refractivity contribution in [2.24, 2.45) is 0 Å².